The largest absolute Gasteiger partial charge is 0.383 e. The van der Waals surface area contributed by atoms with Crippen LogP contribution in [0.4, 0.5) is 0 Å². The van der Waals surface area contributed by atoms with Crippen LogP contribution in [0.25, 0.3) is 0 Å². The van der Waals surface area contributed by atoms with Crippen LogP contribution in [0, 0.1) is 17.3 Å². The highest BCUT2D eigenvalue weighted by Crippen LogP contribution is 2.57. The van der Waals surface area contributed by atoms with Crippen molar-refractivity contribution in [1.82, 2.24) is 15.1 Å². The molecule has 1 heterocycles. The van der Waals surface area contributed by atoms with E-state index in [-0.39, 0.29) is 0 Å². The SMILES string of the molecule is CCn1cc(CC2(CNCCOC)CC3CCC2C3)cn1. The van der Waals surface area contributed by atoms with Gasteiger partial charge in [-0.25, -0.2) is 0 Å². The van der Waals surface area contributed by atoms with Gasteiger partial charge in [0.15, 0.2) is 0 Å². The molecule has 2 bridgehead atoms. The molecule has 1 aromatic rings. The van der Waals surface area contributed by atoms with Crippen molar-refractivity contribution in [2.75, 3.05) is 26.8 Å². The third-order valence-corrected chi connectivity index (χ3v) is 5.63. The van der Waals surface area contributed by atoms with Crippen LogP contribution >= 0.6 is 0 Å². The van der Waals surface area contributed by atoms with E-state index in [0.717, 1.165) is 38.1 Å². The number of nitrogens with one attached hydrogen (secondary N) is 1. The molecule has 0 aliphatic heterocycles. The summed E-state index contributed by atoms with van der Waals surface area (Å²) in [4.78, 5) is 0. The summed E-state index contributed by atoms with van der Waals surface area (Å²) in [7, 11) is 1.77. The maximum Gasteiger partial charge on any atom is 0.0587 e. The molecule has 3 atom stereocenters. The molecule has 2 saturated carbocycles. The molecule has 1 aromatic heterocycles. The first-order valence-electron chi connectivity index (χ1n) is 8.47. The molecule has 3 unspecified atom stereocenters. The Bertz CT molecular complexity index is 459. The molecule has 2 aliphatic carbocycles. The lowest BCUT2D eigenvalue weighted by atomic mass is 9.69. The smallest absolute Gasteiger partial charge is 0.0587 e. The summed E-state index contributed by atoms with van der Waals surface area (Å²) in [6, 6.07) is 0. The highest BCUT2D eigenvalue weighted by atomic mass is 16.5. The Morgan fingerprint density at radius 3 is 3.00 bits per heavy atom. The van der Waals surface area contributed by atoms with Crippen LogP contribution in [0.15, 0.2) is 12.4 Å². The zero-order valence-electron chi connectivity index (χ0n) is 13.5. The average molecular weight is 291 g/mol. The van der Waals surface area contributed by atoms with E-state index in [0.29, 0.717) is 5.41 Å². The van der Waals surface area contributed by atoms with Crippen molar-refractivity contribution in [2.24, 2.45) is 17.3 Å². The van der Waals surface area contributed by atoms with E-state index < -0.39 is 0 Å². The minimum Gasteiger partial charge on any atom is -0.383 e. The van der Waals surface area contributed by atoms with E-state index in [1.165, 1.54) is 37.7 Å². The molecule has 0 spiro atoms. The monoisotopic (exact) mass is 291 g/mol. The van der Waals surface area contributed by atoms with Gasteiger partial charge in [0.2, 0.25) is 0 Å². The first-order valence-corrected chi connectivity index (χ1v) is 8.47. The lowest BCUT2D eigenvalue weighted by molar-refractivity contribution is 0.145. The molecule has 3 rings (SSSR count). The minimum atomic E-state index is 0.457. The molecule has 0 aromatic carbocycles. The Morgan fingerprint density at radius 2 is 2.38 bits per heavy atom. The number of nitrogens with zero attached hydrogens (tertiary/aromatic N) is 2. The molecule has 118 valence electrons. The van der Waals surface area contributed by atoms with Gasteiger partial charge in [-0.1, -0.05) is 6.42 Å². The van der Waals surface area contributed by atoms with E-state index in [4.69, 9.17) is 4.74 Å². The summed E-state index contributed by atoms with van der Waals surface area (Å²) >= 11 is 0. The Labute approximate surface area is 128 Å². The van der Waals surface area contributed by atoms with Gasteiger partial charge in [-0.15, -0.1) is 0 Å². The second-order valence-electron chi connectivity index (χ2n) is 6.99. The van der Waals surface area contributed by atoms with Crippen molar-refractivity contribution < 1.29 is 4.74 Å². The van der Waals surface area contributed by atoms with E-state index in [1.807, 2.05) is 0 Å². The van der Waals surface area contributed by atoms with Crippen LogP contribution in [-0.2, 0) is 17.7 Å². The Balaban J connectivity index is 1.67. The predicted molar refractivity (Wildman–Crippen MR) is 84.2 cm³/mol. The van der Waals surface area contributed by atoms with Gasteiger partial charge < -0.3 is 10.1 Å². The number of aryl methyl sites for hydroxylation is 1. The summed E-state index contributed by atoms with van der Waals surface area (Å²) < 4.78 is 7.21. The summed E-state index contributed by atoms with van der Waals surface area (Å²) in [5.74, 6) is 1.88. The molecular formula is C17H29N3O. The van der Waals surface area contributed by atoms with Gasteiger partial charge in [0.1, 0.15) is 0 Å². The zero-order valence-corrected chi connectivity index (χ0v) is 13.5. The third-order valence-electron chi connectivity index (χ3n) is 5.63. The van der Waals surface area contributed by atoms with E-state index >= 15 is 0 Å². The van der Waals surface area contributed by atoms with Gasteiger partial charge in [-0.05, 0) is 55.4 Å². The lowest BCUT2D eigenvalue weighted by Gasteiger charge is -2.38. The second-order valence-corrected chi connectivity index (χ2v) is 6.99. The number of methoxy groups -OCH3 is 1. The van der Waals surface area contributed by atoms with Crippen LogP contribution in [0.3, 0.4) is 0 Å². The first-order chi connectivity index (χ1) is 10.3. The van der Waals surface area contributed by atoms with Crippen molar-refractivity contribution in [1.29, 1.82) is 0 Å². The van der Waals surface area contributed by atoms with Gasteiger partial charge in [-0.3, -0.25) is 4.68 Å². The summed E-state index contributed by atoms with van der Waals surface area (Å²) in [5.41, 5.74) is 1.87. The number of hydrogen-bond donors (Lipinski definition) is 1. The Hall–Kier alpha value is -0.870. The summed E-state index contributed by atoms with van der Waals surface area (Å²) in [6.07, 6.45) is 11.2. The van der Waals surface area contributed by atoms with Gasteiger partial charge in [0.25, 0.3) is 0 Å². The van der Waals surface area contributed by atoms with Crippen LogP contribution in [-0.4, -0.2) is 36.6 Å². The van der Waals surface area contributed by atoms with Crippen molar-refractivity contribution in [3.8, 4) is 0 Å². The number of fused-ring (bicyclic) bond motifs is 2. The standard InChI is InChI=1S/C17H29N3O/c1-3-20-12-15(11-19-20)10-17(13-18-6-7-21-2)9-14-4-5-16(17)8-14/h11-12,14,16,18H,3-10,13H2,1-2H3. The molecule has 0 saturated heterocycles. The second kappa shape index (κ2) is 6.49. The summed E-state index contributed by atoms with van der Waals surface area (Å²) in [5, 5.41) is 8.10. The fraction of sp³-hybridized carbons (Fsp3) is 0.824. The highest BCUT2D eigenvalue weighted by Gasteiger charge is 2.50. The fourth-order valence-electron chi connectivity index (χ4n) is 4.64. The van der Waals surface area contributed by atoms with Crippen LogP contribution in [0.2, 0.25) is 0 Å². The lowest BCUT2D eigenvalue weighted by Crippen LogP contribution is -2.41. The van der Waals surface area contributed by atoms with Crippen molar-refractivity contribution in [2.45, 2.75) is 45.6 Å². The fourth-order valence-corrected chi connectivity index (χ4v) is 4.64. The highest BCUT2D eigenvalue weighted by molar-refractivity contribution is 5.13. The predicted octanol–water partition coefficient (Wildman–Crippen LogP) is 2.49. The van der Waals surface area contributed by atoms with E-state index in [9.17, 15) is 0 Å². The van der Waals surface area contributed by atoms with Gasteiger partial charge >= 0.3 is 0 Å². The molecule has 0 amide bonds. The molecule has 4 heteroatoms. The quantitative estimate of drug-likeness (QED) is 0.748. The zero-order chi connectivity index (χ0) is 14.7. The molecule has 21 heavy (non-hydrogen) atoms. The van der Waals surface area contributed by atoms with Crippen LogP contribution in [0.1, 0.15) is 38.2 Å². The van der Waals surface area contributed by atoms with Gasteiger partial charge in [0, 0.05) is 32.9 Å². The van der Waals surface area contributed by atoms with E-state index in [2.05, 4.69) is 34.4 Å². The molecule has 4 nitrogen and oxygen atoms in total. The van der Waals surface area contributed by atoms with Crippen LogP contribution in [0.5, 0.6) is 0 Å². The summed E-state index contributed by atoms with van der Waals surface area (Å²) in [6.45, 7) is 6.01. The molecule has 1 N–H and O–H groups in total. The number of rotatable bonds is 8. The molecular weight excluding hydrogens is 262 g/mol. The first kappa shape index (κ1) is 15.0. The number of aromatic nitrogens is 2. The Morgan fingerprint density at radius 1 is 1.48 bits per heavy atom. The molecule has 0 radical (unpaired) electrons. The van der Waals surface area contributed by atoms with Crippen LogP contribution < -0.4 is 5.32 Å². The Kier molecular flexibility index (Phi) is 4.65. The van der Waals surface area contributed by atoms with Gasteiger partial charge in [0.05, 0.1) is 12.8 Å². The van der Waals surface area contributed by atoms with Crippen molar-refractivity contribution in [3.63, 3.8) is 0 Å². The van der Waals surface area contributed by atoms with E-state index in [1.54, 1.807) is 7.11 Å². The van der Waals surface area contributed by atoms with Crippen molar-refractivity contribution >= 4 is 0 Å². The molecule has 2 aliphatic rings. The average Bonchev–Trinajstić information content (AvgIpc) is 3.19. The topological polar surface area (TPSA) is 39.1 Å². The number of hydrogen-bond acceptors (Lipinski definition) is 3. The number of ether oxygens (including phenoxy) is 1. The van der Waals surface area contributed by atoms with Gasteiger partial charge in [-0.2, -0.15) is 5.10 Å². The maximum absolute atomic E-state index is 5.16. The molecule has 2 fully saturated rings. The minimum absolute atomic E-state index is 0.457. The maximum atomic E-state index is 5.16. The third kappa shape index (κ3) is 3.16. The normalized spacial score (nSPS) is 31.1. The van der Waals surface area contributed by atoms with Crippen molar-refractivity contribution in [3.05, 3.63) is 18.0 Å².